The summed E-state index contributed by atoms with van der Waals surface area (Å²) in [5.74, 6) is 1.56. The lowest BCUT2D eigenvalue weighted by atomic mass is 9.81. The number of fused-ring (bicyclic) bond motifs is 1. The molecule has 3 aromatic rings. The minimum absolute atomic E-state index is 0.0244. The SMILES string of the molecule is O=C(NCCSc1ccccc1)C1CCC(Cn2cnc3ccccc3c2=O)CC1. The van der Waals surface area contributed by atoms with E-state index in [1.54, 1.807) is 22.7 Å². The minimum Gasteiger partial charge on any atom is -0.355 e. The Morgan fingerprint density at radius 2 is 1.77 bits per heavy atom. The molecule has 1 amide bonds. The average molecular weight is 422 g/mol. The number of para-hydroxylation sites is 1. The number of rotatable bonds is 7. The summed E-state index contributed by atoms with van der Waals surface area (Å²) in [5.41, 5.74) is 0.765. The first kappa shape index (κ1) is 20.7. The van der Waals surface area contributed by atoms with Crippen molar-refractivity contribution in [2.45, 2.75) is 37.1 Å². The van der Waals surface area contributed by atoms with Gasteiger partial charge in [0.2, 0.25) is 5.91 Å². The van der Waals surface area contributed by atoms with Crippen molar-refractivity contribution in [3.8, 4) is 0 Å². The van der Waals surface area contributed by atoms with Crippen LogP contribution in [0.4, 0.5) is 0 Å². The fourth-order valence-corrected chi connectivity index (χ4v) is 4.92. The highest BCUT2D eigenvalue weighted by Crippen LogP contribution is 2.30. The number of amides is 1. The van der Waals surface area contributed by atoms with Gasteiger partial charge in [0.05, 0.1) is 17.2 Å². The molecule has 0 atom stereocenters. The number of carbonyl (C=O) groups excluding carboxylic acids is 1. The van der Waals surface area contributed by atoms with E-state index in [-0.39, 0.29) is 17.4 Å². The highest BCUT2D eigenvalue weighted by molar-refractivity contribution is 7.99. The van der Waals surface area contributed by atoms with Crippen LogP contribution in [0.3, 0.4) is 0 Å². The summed E-state index contributed by atoms with van der Waals surface area (Å²) in [5, 5.41) is 3.76. The summed E-state index contributed by atoms with van der Waals surface area (Å²) in [4.78, 5) is 30.8. The summed E-state index contributed by atoms with van der Waals surface area (Å²) in [7, 11) is 0. The predicted molar refractivity (Wildman–Crippen MR) is 122 cm³/mol. The Balaban J connectivity index is 1.22. The third-order valence-corrected chi connectivity index (χ3v) is 6.83. The zero-order chi connectivity index (χ0) is 20.8. The van der Waals surface area contributed by atoms with Crippen LogP contribution in [-0.2, 0) is 11.3 Å². The number of hydrogen-bond acceptors (Lipinski definition) is 4. The van der Waals surface area contributed by atoms with E-state index in [4.69, 9.17) is 0 Å². The number of benzene rings is 2. The van der Waals surface area contributed by atoms with E-state index in [9.17, 15) is 9.59 Å². The first-order valence-electron chi connectivity index (χ1n) is 10.6. The lowest BCUT2D eigenvalue weighted by Gasteiger charge is -2.28. The maximum absolute atomic E-state index is 12.7. The normalized spacial score (nSPS) is 18.9. The van der Waals surface area contributed by atoms with Crippen molar-refractivity contribution >= 4 is 28.6 Å². The fourth-order valence-electron chi connectivity index (χ4n) is 4.13. The molecule has 6 heteroatoms. The third-order valence-electron chi connectivity index (χ3n) is 5.82. The van der Waals surface area contributed by atoms with E-state index in [2.05, 4.69) is 22.4 Å². The molecule has 1 fully saturated rings. The van der Waals surface area contributed by atoms with Crippen LogP contribution in [0.25, 0.3) is 10.9 Å². The minimum atomic E-state index is 0.0244. The Hall–Kier alpha value is -2.60. The lowest BCUT2D eigenvalue weighted by molar-refractivity contribution is -0.126. The van der Waals surface area contributed by atoms with Crippen molar-refractivity contribution in [3.63, 3.8) is 0 Å². The molecule has 1 heterocycles. The summed E-state index contributed by atoms with van der Waals surface area (Å²) in [6.07, 6.45) is 5.37. The highest BCUT2D eigenvalue weighted by atomic mass is 32.2. The van der Waals surface area contributed by atoms with Crippen LogP contribution < -0.4 is 10.9 Å². The van der Waals surface area contributed by atoms with Crippen LogP contribution in [-0.4, -0.2) is 27.8 Å². The van der Waals surface area contributed by atoms with E-state index in [0.29, 0.717) is 24.4 Å². The Morgan fingerprint density at radius 1 is 1.03 bits per heavy atom. The number of nitrogens with zero attached hydrogens (tertiary/aromatic N) is 2. The molecule has 5 nitrogen and oxygen atoms in total. The second-order valence-corrected chi connectivity index (χ2v) is 9.06. The van der Waals surface area contributed by atoms with Crippen LogP contribution in [0.15, 0.2) is 70.6 Å². The first-order valence-corrected chi connectivity index (χ1v) is 11.6. The van der Waals surface area contributed by atoms with Gasteiger partial charge in [0.15, 0.2) is 0 Å². The van der Waals surface area contributed by atoms with Crippen LogP contribution in [0.1, 0.15) is 25.7 Å². The quantitative estimate of drug-likeness (QED) is 0.461. The standard InChI is InChI=1S/C24H27N3O2S/c28-23(25-14-15-30-20-6-2-1-3-7-20)19-12-10-18(11-13-19)16-27-17-26-22-9-5-4-8-21(22)24(27)29/h1-9,17-19H,10-16H2,(H,25,28). The van der Waals surface area contributed by atoms with Crippen molar-refractivity contribution in [3.05, 3.63) is 71.3 Å². The number of thioether (sulfide) groups is 1. The summed E-state index contributed by atoms with van der Waals surface area (Å²) in [6.45, 7) is 1.37. The number of nitrogens with one attached hydrogen (secondary N) is 1. The maximum atomic E-state index is 12.7. The highest BCUT2D eigenvalue weighted by Gasteiger charge is 2.26. The molecule has 2 aromatic carbocycles. The summed E-state index contributed by atoms with van der Waals surface area (Å²) < 4.78 is 1.73. The molecule has 0 radical (unpaired) electrons. The number of carbonyl (C=O) groups is 1. The average Bonchev–Trinajstić information content (AvgIpc) is 2.80. The molecule has 0 spiro atoms. The van der Waals surface area contributed by atoms with Gasteiger partial charge < -0.3 is 5.32 Å². The zero-order valence-electron chi connectivity index (χ0n) is 17.0. The van der Waals surface area contributed by atoms with E-state index >= 15 is 0 Å². The van der Waals surface area contributed by atoms with E-state index < -0.39 is 0 Å². The Kier molecular flexibility index (Phi) is 6.84. The summed E-state index contributed by atoms with van der Waals surface area (Å²) >= 11 is 1.76. The predicted octanol–water partition coefficient (Wildman–Crippen LogP) is 4.11. The van der Waals surface area contributed by atoms with Crippen molar-refractivity contribution in [1.82, 2.24) is 14.9 Å². The van der Waals surface area contributed by atoms with Gasteiger partial charge in [-0.05, 0) is 55.9 Å². The molecule has 0 aliphatic heterocycles. The van der Waals surface area contributed by atoms with Gasteiger partial charge in [-0.3, -0.25) is 14.2 Å². The van der Waals surface area contributed by atoms with Crippen LogP contribution in [0, 0.1) is 11.8 Å². The Bertz CT molecular complexity index is 1040. The monoisotopic (exact) mass is 421 g/mol. The Labute approximate surface area is 180 Å². The molecule has 1 aliphatic carbocycles. The van der Waals surface area contributed by atoms with Crippen molar-refractivity contribution in [1.29, 1.82) is 0 Å². The largest absolute Gasteiger partial charge is 0.355 e. The van der Waals surface area contributed by atoms with Gasteiger partial charge in [-0.25, -0.2) is 4.98 Å². The first-order chi connectivity index (χ1) is 14.7. The van der Waals surface area contributed by atoms with Gasteiger partial charge in [0.1, 0.15) is 0 Å². The molecule has 1 N–H and O–H groups in total. The third kappa shape index (κ3) is 5.11. The molecule has 0 bridgehead atoms. The number of aromatic nitrogens is 2. The van der Waals surface area contributed by atoms with Crippen LogP contribution >= 0.6 is 11.8 Å². The molecule has 0 saturated heterocycles. The van der Waals surface area contributed by atoms with Gasteiger partial charge >= 0.3 is 0 Å². The molecule has 30 heavy (non-hydrogen) atoms. The molecular formula is C24H27N3O2S. The van der Waals surface area contributed by atoms with E-state index in [1.807, 2.05) is 42.5 Å². The topological polar surface area (TPSA) is 64.0 Å². The molecule has 1 aromatic heterocycles. The molecule has 0 unspecified atom stereocenters. The van der Waals surface area contributed by atoms with Gasteiger partial charge in [0, 0.05) is 29.7 Å². The Morgan fingerprint density at radius 3 is 2.57 bits per heavy atom. The van der Waals surface area contributed by atoms with E-state index in [1.165, 1.54) is 4.90 Å². The second kappa shape index (κ2) is 9.94. The smallest absolute Gasteiger partial charge is 0.261 e. The van der Waals surface area contributed by atoms with Gasteiger partial charge in [-0.2, -0.15) is 0 Å². The van der Waals surface area contributed by atoms with Gasteiger partial charge in [-0.15, -0.1) is 11.8 Å². The van der Waals surface area contributed by atoms with Gasteiger partial charge in [0.25, 0.3) is 5.56 Å². The second-order valence-electron chi connectivity index (χ2n) is 7.89. The molecular weight excluding hydrogens is 394 g/mol. The fraction of sp³-hybridized carbons (Fsp3) is 0.375. The molecule has 1 aliphatic rings. The lowest BCUT2D eigenvalue weighted by Crippen LogP contribution is -2.35. The van der Waals surface area contributed by atoms with Gasteiger partial charge in [-0.1, -0.05) is 30.3 Å². The maximum Gasteiger partial charge on any atom is 0.261 e. The van der Waals surface area contributed by atoms with Crippen LogP contribution in [0.5, 0.6) is 0 Å². The molecule has 4 rings (SSSR count). The van der Waals surface area contributed by atoms with Crippen LogP contribution in [0.2, 0.25) is 0 Å². The van der Waals surface area contributed by atoms with Crippen molar-refractivity contribution < 1.29 is 4.79 Å². The summed E-state index contributed by atoms with van der Waals surface area (Å²) in [6, 6.07) is 17.7. The zero-order valence-corrected chi connectivity index (χ0v) is 17.8. The number of hydrogen-bond donors (Lipinski definition) is 1. The molecule has 1 saturated carbocycles. The van der Waals surface area contributed by atoms with Crippen molar-refractivity contribution in [2.75, 3.05) is 12.3 Å². The molecule has 156 valence electrons. The van der Waals surface area contributed by atoms with Crippen molar-refractivity contribution in [2.24, 2.45) is 11.8 Å². The van der Waals surface area contributed by atoms with E-state index in [0.717, 1.165) is 37.0 Å².